The maximum absolute atomic E-state index is 5.92. The molecule has 1 aromatic heterocycles. The highest BCUT2D eigenvalue weighted by Gasteiger charge is 2.32. The second-order valence-electron chi connectivity index (χ2n) is 5.50. The van der Waals surface area contributed by atoms with E-state index in [2.05, 4.69) is 11.8 Å². The van der Waals surface area contributed by atoms with Gasteiger partial charge in [-0.1, -0.05) is 6.92 Å². The molecular weight excluding hydrogens is 258 g/mol. The fourth-order valence-electron chi connectivity index (χ4n) is 2.71. The lowest BCUT2D eigenvalue weighted by molar-refractivity contribution is -0.0299. The van der Waals surface area contributed by atoms with Crippen LogP contribution in [0.1, 0.15) is 53.8 Å². The highest BCUT2D eigenvalue weighted by atomic mass is 32.1. The van der Waals surface area contributed by atoms with Crippen molar-refractivity contribution in [3.05, 3.63) is 15.6 Å². The van der Waals surface area contributed by atoms with Crippen molar-refractivity contribution in [1.29, 1.82) is 0 Å². The predicted molar refractivity (Wildman–Crippen MR) is 77.4 cm³/mol. The lowest BCUT2D eigenvalue weighted by atomic mass is 10.2. The zero-order valence-corrected chi connectivity index (χ0v) is 12.4. The minimum atomic E-state index is 0.156. The smallest absolute Gasteiger partial charge is 0.123 e. The SMILES string of the molecule is CCCN1CCOC(c2nc(C3CC3)c(CN)s2)C1. The van der Waals surface area contributed by atoms with Gasteiger partial charge in [0.05, 0.1) is 12.3 Å². The van der Waals surface area contributed by atoms with Crippen molar-refractivity contribution < 1.29 is 4.74 Å². The molecule has 4 nitrogen and oxygen atoms in total. The van der Waals surface area contributed by atoms with Gasteiger partial charge >= 0.3 is 0 Å². The summed E-state index contributed by atoms with van der Waals surface area (Å²) in [5.41, 5.74) is 7.12. The third kappa shape index (κ3) is 2.99. The number of nitrogens with zero attached hydrogens (tertiary/aromatic N) is 2. The minimum Gasteiger partial charge on any atom is -0.368 e. The molecule has 0 amide bonds. The molecule has 1 aromatic rings. The van der Waals surface area contributed by atoms with Gasteiger partial charge < -0.3 is 10.5 Å². The number of ether oxygens (including phenoxy) is 1. The van der Waals surface area contributed by atoms with Gasteiger partial charge in [-0.25, -0.2) is 4.98 Å². The molecule has 3 rings (SSSR count). The van der Waals surface area contributed by atoms with Crippen LogP contribution in [-0.2, 0) is 11.3 Å². The van der Waals surface area contributed by atoms with Crippen LogP contribution in [0.4, 0.5) is 0 Å². The summed E-state index contributed by atoms with van der Waals surface area (Å²) >= 11 is 1.77. The summed E-state index contributed by atoms with van der Waals surface area (Å²) in [6.07, 6.45) is 3.92. The van der Waals surface area contributed by atoms with Crippen LogP contribution in [-0.4, -0.2) is 36.1 Å². The van der Waals surface area contributed by atoms with Crippen LogP contribution in [0.15, 0.2) is 0 Å². The van der Waals surface area contributed by atoms with E-state index in [4.69, 9.17) is 15.5 Å². The van der Waals surface area contributed by atoms with Crippen LogP contribution in [0.3, 0.4) is 0 Å². The van der Waals surface area contributed by atoms with Gasteiger partial charge in [-0.2, -0.15) is 0 Å². The molecule has 2 fully saturated rings. The zero-order chi connectivity index (χ0) is 13.2. The molecule has 1 aliphatic carbocycles. The molecule has 0 aromatic carbocycles. The van der Waals surface area contributed by atoms with Crippen molar-refractivity contribution in [2.24, 2.45) is 5.73 Å². The molecule has 1 unspecified atom stereocenters. The zero-order valence-electron chi connectivity index (χ0n) is 11.6. The largest absolute Gasteiger partial charge is 0.368 e. The second kappa shape index (κ2) is 5.87. The molecule has 19 heavy (non-hydrogen) atoms. The number of rotatable bonds is 5. The monoisotopic (exact) mass is 281 g/mol. The first-order chi connectivity index (χ1) is 9.31. The number of nitrogens with two attached hydrogens (primary N) is 1. The van der Waals surface area contributed by atoms with Gasteiger partial charge in [-0.05, 0) is 25.8 Å². The number of thiazole rings is 1. The molecule has 0 bridgehead atoms. The third-order valence-electron chi connectivity index (χ3n) is 3.86. The Labute approximate surface area is 119 Å². The van der Waals surface area contributed by atoms with E-state index in [-0.39, 0.29) is 6.10 Å². The number of morpholine rings is 1. The topological polar surface area (TPSA) is 51.4 Å². The summed E-state index contributed by atoms with van der Waals surface area (Å²) < 4.78 is 5.92. The standard InChI is InChI=1S/C14H23N3OS/c1-2-5-17-6-7-18-11(9-17)14-16-13(10-3-4-10)12(8-15)19-14/h10-11H,2-9,15H2,1H3. The number of hydrogen-bond acceptors (Lipinski definition) is 5. The Balaban J connectivity index is 1.73. The van der Waals surface area contributed by atoms with Gasteiger partial charge in [0.15, 0.2) is 0 Å². The van der Waals surface area contributed by atoms with Gasteiger partial charge in [-0.3, -0.25) is 4.90 Å². The summed E-state index contributed by atoms with van der Waals surface area (Å²) in [6.45, 7) is 6.86. The van der Waals surface area contributed by atoms with Crippen LogP contribution in [0.2, 0.25) is 0 Å². The Morgan fingerprint density at radius 3 is 3.00 bits per heavy atom. The summed E-state index contributed by atoms with van der Waals surface area (Å²) in [7, 11) is 0. The Kier molecular flexibility index (Phi) is 4.17. The summed E-state index contributed by atoms with van der Waals surface area (Å²) in [4.78, 5) is 8.60. The van der Waals surface area contributed by atoms with Crippen molar-refractivity contribution in [2.75, 3.05) is 26.2 Å². The molecule has 1 atom stereocenters. The van der Waals surface area contributed by atoms with Crippen molar-refractivity contribution in [3.8, 4) is 0 Å². The van der Waals surface area contributed by atoms with Gasteiger partial charge in [0.25, 0.3) is 0 Å². The van der Waals surface area contributed by atoms with E-state index in [0.29, 0.717) is 12.5 Å². The Morgan fingerprint density at radius 2 is 2.32 bits per heavy atom. The molecular formula is C14H23N3OS. The first-order valence-corrected chi connectivity index (χ1v) is 8.17. The molecule has 0 spiro atoms. The third-order valence-corrected chi connectivity index (χ3v) is 5.04. The molecule has 2 heterocycles. The molecule has 106 valence electrons. The summed E-state index contributed by atoms with van der Waals surface area (Å²) in [5.74, 6) is 0.680. The molecule has 2 aliphatic rings. The van der Waals surface area contributed by atoms with E-state index in [1.807, 2.05) is 0 Å². The highest BCUT2D eigenvalue weighted by Crippen LogP contribution is 2.43. The second-order valence-corrected chi connectivity index (χ2v) is 6.61. The van der Waals surface area contributed by atoms with Crippen molar-refractivity contribution in [3.63, 3.8) is 0 Å². The van der Waals surface area contributed by atoms with Gasteiger partial charge in [0, 0.05) is 30.4 Å². The van der Waals surface area contributed by atoms with E-state index in [9.17, 15) is 0 Å². The molecule has 1 saturated carbocycles. The van der Waals surface area contributed by atoms with E-state index in [0.717, 1.165) is 31.2 Å². The average molecular weight is 281 g/mol. The predicted octanol–water partition coefficient (Wildman–Crippen LogP) is 2.26. The normalized spacial score (nSPS) is 24.8. The van der Waals surface area contributed by atoms with Crippen LogP contribution >= 0.6 is 11.3 Å². The van der Waals surface area contributed by atoms with Gasteiger partial charge in [-0.15, -0.1) is 11.3 Å². The Morgan fingerprint density at radius 1 is 1.47 bits per heavy atom. The maximum Gasteiger partial charge on any atom is 0.123 e. The molecule has 1 saturated heterocycles. The summed E-state index contributed by atoms with van der Waals surface area (Å²) in [5, 5.41) is 1.14. The van der Waals surface area contributed by atoms with E-state index in [1.54, 1.807) is 11.3 Å². The van der Waals surface area contributed by atoms with E-state index < -0.39 is 0 Å². The lowest BCUT2D eigenvalue weighted by Crippen LogP contribution is -2.38. The summed E-state index contributed by atoms with van der Waals surface area (Å²) in [6, 6.07) is 0. The first kappa shape index (κ1) is 13.5. The van der Waals surface area contributed by atoms with E-state index >= 15 is 0 Å². The van der Waals surface area contributed by atoms with Crippen LogP contribution < -0.4 is 5.73 Å². The molecule has 0 radical (unpaired) electrons. The maximum atomic E-state index is 5.92. The van der Waals surface area contributed by atoms with Gasteiger partial charge in [0.2, 0.25) is 0 Å². The fraction of sp³-hybridized carbons (Fsp3) is 0.786. The van der Waals surface area contributed by atoms with Crippen LogP contribution in [0.25, 0.3) is 0 Å². The average Bonchev–Trinajstić information content (AvgIpc) is 3.18. The van der Waals surface area contributed by atoms with Gasteiger partial charge in [0.1, 0.15) is 11.1 Å². The lowest BCUT2D eigenvalue weighted by Gasteiger charge is -2.31. The number of hydrogen-bond donors (Lipinski definition) is 1. The quantitative estimate of drug-likeness (QED) is 0.899. The van der Waals surface area contributed by atoms with Crippen LogP contribution in [0, 0.1) is 0 Å². The highest BCUT2D eigenvalue weighted by molar-refractivity contribution is 7.11. The van der Waals surface area contributed by atoms with Crippen molar-refractivity contribution >= 4 is 11.3 Å². The fourth-order valence-corrected chi connectivity index (χ4v) is 3.78. The molecule has 2 N–H and O–H groups in total. The van der Waals surface area contributed by atoms with Crippen LogP contribution in [0.5, 0.6) is 0 Å². The number of aromatic nitrogens is 1. The Hall–Kier alpha value is -0.490. The van der Waals surface area contributed by atoms with Crippen molar-refractivity contribution in [1.82, 2.24) is 9.88 Å². The Bertz CT molecular complexity index is 428. The van der Waals surface area contributed by atoms with E-state index in [1.165, 1.54) is 29.8 Å². The molecule has 5 heteroatoms. The van der Waals surface area contributed by atoms with Crippen molar-refractivity contribution in [2.45, 2.75) is 44.8 Å². The molecule has 1 aliphatic heterocycles. The minimum absolute atomic E-state index is 0.156. The first-order valence-electron chi connectivity index (χ1n) is 7.35.